The Morgan fingerprint density at radius 1 is 1.35 bits per heavy atom. The molecule has 0 amide bonds. The van der Waals surface area contributed by atoms with Crippen LogP contribution in [0.4, 0.5) is 10.1 Å². The SMILES string of the molecule is Cc1cccc([N+](=O)[O-])c1Oc1cc(F)cc(CCl)c1. The summed E-state index contributed by atoms with van der Waals surface area (Å²) in [5.41, 5.74) is 0.968. The fourth-order valence-electron chi connectivity index (χ4n) is 1.79. The highest BCUT2D eigenvalue weighted by Crippen LogP contribution is 2.34. The molecule has 104 valence electrons. The molecule has 0 saturated carbocycles. The number of nitro benzene ring substituents is 1. The molecule has 0 radical (unpaired) electrons. The van der Waals surface area contributed by atoms with E-state index < -0.39 is 10.7 Å². The minimum Gasteiger partial charge on any atom is -0.450 e. The zero-order valence-corrected chi connectivity index (χ0v) is 11.4. The number of nitro groups is 1. The van der Waals surface area contributed by atoms with Crippen LogP contribution in [0.25, 0.3) is 0 Å². The second-order valence-corrected chi connectivity index (χ2v) is 4.48. The minimum absolute atomic E-state index is 0.101. The highest BCUT2D eigenvalue weighted by molar-refractivity contribution is 6.17. The van der Waals surface area contributed by atoms with Gasteiger partial charge in [0.1, 0.15) is 11.6 Å². The molecule has 0 saturated heterocycles. The lowest BCUT2D eigenvalue weighted by molar-refractivity contribution is -0.385. The van der Waals surface area contributed by atoms with E-state index in [9.17, 15) is 14.5 Å². The quantitative estimate of drug-likeness (QED) is 0.471. The molecule has 0 aromatic heterocycles. The third-order valence-corrected chi connectivity index (χ3v) is 3.00. The zero-order valence-electron chi connectivity index (χ0n) is 10.6. The lowest BCUT2D eigenvalue weighted by atomic mass is 10.2. The first kappa shape index (κ1) is 14.3. The molecule has 0 N–H and O–H groups in total. The van der Waals surface area contributed by atoms with Gasteiger partial charge in [0.15, 0.2) is 0 Å². The van der Waals surface area contributed by atoms with Crippen LogP contribution in [-0.2, 0) is 5.88 Å². The molecule has 0 atom stereocenters. The van der Waals surface area contributed by atoms with Crippen molar-refractivity contribution in [3.8, 4) is 11.5 Å². The van der Waals surface area contributed by atoms with Crippen molar-refractivity contribution in [1.29, 1.82) is 0 Å². The van der Waals surface area contributed by atoms with E-state index in [2.05, 4.69) is 0 Å². The summed E-state index contributed by atoms with van der Waals surface area (Å²) >= 11 is 5.66. The summed E-state index contributed by atoms with van der Waals surface area (Å²) < 4.78 is 18.9. The van der Waals surface area contributed by atoms with E-state index in [0.717, 1.165) is 6.07 Å². The molecule has 0 aliphatic heterocycles. The Balaban J connectivity index is 2.44. The van der Waals surface area contributed by atoms with E-state index in [0.29, 0.717) is 11.1 Å². The molecule has 0 unspecified atom stereocenters. The van der Waals surface area contributed by atoms with Crippen LogP contribution in [-0.4, -0.2) is 4.92 Å². The van der Waals surface area contributed by atoms with Crippen molar-refractivity contribution in [2.24, 2.45) is 0 Å². The van der Waals surface area contributed by atoms with Gasteiger partial charge < -0.3 is 4.74 Å². The normalized spacial score (nSPS) is 10.3. The Hall–Kier alpha value is -2.14. The molecule has 6 heteroatoms. The van der Waals surface area contributed by atoms with E-state index in [1.165, 1.54) is 12.1 Å². The number of rotatable bonds is 4. The summed E-state index contributed by atoms with van der Waals surface area (Å²) in [6, 6.07) is 8.58. The molecule has 0 aliphatic carbocycles. The van der Waals surface area contributed by atoms with Gasteiger partial charge in [0.2, 0.25) is 5.75 Å². The van der Waals surface area contributed by atoms with Crippen LogP contribution in [0.15, 0.2) is 36.4 Å². The number of nitrogens with zero attached hydrogens (tertiary/aromatic N) is 1. The molecular formula is C14H11ClFNO3. The summed E-state index contributed by atoms with van der Waals surface area (Å²) in [7, 11) is 0. The monoisotopic (exact) mass is 295 g/mol. The Kier molecular flexibility index (Phi) is 4.20. The van der Waals surface area contributed by atoms with Gasteiger partial charge in [-0.25, -0.2) is 4.39 Å². The Bertz CT molecular complexity index is 661. The molecule has 0 aliphatic rings. The van der Waals surface area contributed by atoms with Crippen molar-refractivity contribution in [1.82, 2.24) is 0 Å². The largest absolute Gasteiger partial charge is 0.450 e. The van der Waals surface area contributed by atoms with Gasteiger partial charge in [0.25, 0.3) is 0 Å². The third kappa shape index (κ3) is 3.05. The lowest BCUT2D eigenvalue weighted by Crippen LogP contribution is -1.96. The molecule has 0 heterocycles. The second kappa shape index (κ2) is 5.88. The maximum atomic E-state index is 13.4. The van der Waals surface area contributed by atoms with Crippen molar-refractivity contribution < 1.29 is 14.1 Å². The molecule has 2 rings (SSSR count). The molecule has 0 spiro atoms. The van der Waals surface area contributed by atoms with Gasteiger partial charge >= 0.3 is 5.69 Å². The average Bonchev–Trinajstić information content (AvgIpc) is 2.40. The zero-order chi connectivity index (χ0) is 14.7. The fourth-order valence-corrected chi connectivity index (χ4v) is 1.94. The van der Waals surface area contributed by atoms with E-state index >= 15 is 0 Å². The van der Waals surface area contributed by atoms with Crippen molar-refractivity contribution in [3.05, 3.63) is 63.5 Å². The first-order valence-electron chi connectivity index (χ1n) is 5.78. The number of alkyl halides is 1. The number of aryl methyl sites for hydroxylation is 1. The smallest absolute Gasteiger partial charge is 0.311 e. The average molecular weight is 296 g/mol. The van der Waals surface area contributed by atoms with Gasteiger partial charge in [-0.3, -0.25) is 10.1 Å². The number of para-hydroxylation sites is 1. The number of ether oxygens (including phenoxy) is 1. The van der Waals surface area contributed by atoms with Crippen LogP contribution in [0.1, 0.15) is 11.1 Å². The van der Waals surface area contributed by atoms with Crippen molar-refractivity contribution in [2.75, 3.05) is 0 Å². The number of benzene rings is 2. The van der Waals surface area contributed by atoms with Gasteiger partial charge in [-0.15, -0.1) is 11.6 Å². The van der Waals surface area contributed by atoms with Crippen LogP contribution in [0.2, 0.25) is 0 Å². The molecule has 2 aromatic rings. The highest BCUT2D eigenvalue weighted by atomic mass is 35.5. The Labute approximate surface area is 119 Å². The molecule has 0 bridgehead atoms. The van der Waals surface area contributed by atoms with Gasteiger partial charge in [-0.1, -0.05) is 12.1 Å². The van der Waals surface area contributed by atoms with Crippen LogP contribution in [0.5, 0.6) is 11.5 Å². The Morgan fingerprint density at radius 3 is 2.75 bits per heavy atom. The summed E-state index contributed by atoms with van der Waals surface area (Å²) in [5.74, 6) is -0.0969. The molecule has 20 heavy (non-hydrogen) atoms. The first-order valence-corrected chi connectivity index (χ1v) is 6.32. The molecule has 0 fully saturated rings. The van der Waals surface area contributed by atoms with E-state index in [1.54, 1.807) is 25.1 Å². The van der Waals surface area contributed by atoms with Crippen LogP contribution in [0, 0.1) is 22.9 Å². The van der Waals surface area contributed by atoms with Crippen LogP contribution >= 0.6 is 11.6 Å². The maximum absolute atomic E-state index is 13.4. The first-order chi connectivity index (χ1) is 9.51. The molecule has 4 nitrogen and oxygen atoms in total. The topological polar surface area (TPSA) is 52.4 Å². The third-order valence-electron chi connectivity index (χ3n) is 2.69. The standard InChI is InChI=1S/C14H11ClFNO3/c1-9-3-2-4-13(17(18)19)14(9)20-12-6-10(8-15)5-11(16)7-12/h2-7H,8H2,1H3. The number of hydrogen-bond acceptors (Lipinski definition) is 3. The van der Waals surface area contributed by atoms with Crippen molar-refractivity contribution >= 4 is 17.3 Å². The van der Waals surface area contributed by atoms with Crippen molar-refractivity contribution in [3.63, 3.8) is 0 Å². The van der Waals surface area contributed by atoms with Gasteiger partial charge in [-0.2, -0.15) is 0 Å². The van der Waals surface area contributed by atoms with E-state index in [-0.39, 0.29) is 23.1 Å². The van der Waals surface area contributed by atoms with Gasteiger partial charge in [0, 0.05) is 18.0 Å². The molecular weight excluding hydrogens is 285 g/mol. The summed E-state index contributed by atoms with van der Waals surface area (Å²) in [4.78, 5) is 10.4. The number of hydrogen-bond donors (Lipinski definition) is 0. The van der Waals surface area contributed by atoms with Crippen LogP contribution in [0.3, 0.4) is 0 Å². The Morgan fingerprint density at radius 2 is 2.10 bits per heavy atom. The van der Waals surface area contributed by atoms with E-state index in [1.807, 2.05) is 0 Å². The lowest BCUT2D eigenvalue weighted by Gasteiger charge is -2.10. The fraction of sp³-hybridized carbons (Fsp3) is 0.143. The maximum Gasteiger partial charge on any atom is 0.311 e. The predicted molar refractivity (Wildman–Crippen MR) is 73.9 cm³/mol. The van der Waals surface area contributed by atoms with Gasteiger partial charge in [0.05, 0.1) is 4.92 Å². The second-order valence-electron chi connectivity index (χ2n) is 4.21. The predicted octanol–water partition coefficient (Wildman–Crippen LogP) is 4.57. The van der Waals surface area contributed by atoms with Crippen LogP contribution < -0.4 is 4.74 Å². The van der Waals surface area contributed by atoms with Gasteiger partial charge in [-0.05, 0) is 30.2 Å². The van der Waals surface area contributed by atoms with E-state index in [4.69, 9.17) is 16.3 Å². The summed E-state index contributed by atoms with van der Waals surface area (Å²) in [6.07, 6.45) is 0. The number of halogens is 2. The summed E-state index contributed by atoms with van der Waals surface area (Å²) in [6.45, 7) is 1.68. The summed E-state index contributed by atoms with van der Waals surface area (Å²) in [5, 5.41) is 11.0. The minimum atomic E-state index is -0.538. The van der Waals surface area contributed by atoms with Crippen molar-refractivity contribution in [2.45, 2.75) is 12.8 Å². The highest BCUT2D eigenvalue weighted by Gasteiger charge is 2.18. The molecule has 2 aromatic carbocycles.